The molecule has 0 bridgehead atoms. The summed E-state index contributed by atoms with van der Waals surface area (Å²) in [5, 5.41) is 15.1. The van der Waals surface area contributed by atoms with Crippen molar-refractivity contribution in [3.63, 3.8) is 0 Å². The highest BCUT2D eigenvalue weighted by atomic mass is 16.5. The Morgan fingerprint density at radius 2 is 2.33 bits per heavy atom. The van der Waals surface area contributed by atoms with Gasteiger partial charge in [-0.3, -0.25) is 10.1 Å². The molecule has 1 rings (SSSR count). The van der Waals surface area contributed by atoms with E-state index in [0.29, 0.717) is 6.61 Å². The smallest absolute Gasteiger partial charge is 0.408 e. The summed E-state index contributed by atoms with van der Waals surface area (Å²) in [7, 11) is 0. The molecule has 18 heavy (non-hydrogen) atoms. The van der Waals surface area contributed by atoms with Gasteiger partial charge in [-0.2, -0.15) is 5.10 Å². The van der Waals surface area contributed by atoms with Crippen LogP contribution in [-0.2, 0) is 9.53 Å². The number of ether oxygens (including phenoxy) is 1. The third-order valence-electron chi connectivity index (χ3n) is 2.23. The summed E-state index contributed by atoms with van der Waals surface area (Å²) in [4.78, 5) is 22.2. The second kappa shape index (κ2) is 7.31. The molecule has 0 aliphatic carbocycles. The first-order valence-electron chi connectivity index (χ1n) is 5.77. The fourth-order valence-corrected chi connectivity index (χ4v) is 1.33. The van der Waals surface area contributed by atoms with Crippen LogP contribution >= 0.6 is 0 Å². The minimum absolute atomic E-state index is 0.259. The lowest BCUT2D eigenvalue weighted by atomic mass is 10.3. The minimum atomic E-state index is -1.02. The van der Waals surface area contributed by atoms with E-state index >= 15 is 0 Å². The van der Waals surface area contributed by atoms with E-state index in [9.17, 15) is 9.59 Å². The summed E-state index contributed by atoms with van der Waals surface area (Å²) in [6, 6.07) is 1.65. The largest absolute Gasteiger partial charge is 0.481 e. The molecule has 0 saturated carbocycles. The highest BCUT2D eigenvalue weighted by molar-refractivity contribution is 5.70. The summed E-state index contributed by atoms with van der Waals surface area (Å²) in [5.41, 5.74) is 0. The van der Waals surface area contributed by atoms with Gasteiger partial charge in [0.25, 0.3) is 0 Å². The third kappa shape index (κ3) is 4.86. The van der Waals surface area contributed by atoms with Crippen LogP contribution in [0.1, 0.15) is 32.4 Å². The van der Waals surface area contributed by atoms with Crippen molar-refractivity contribution in [1.82, 2.24) is 15.1 Å². The lowest BCUT2D eigenvalue weighted by molar-refractivity contribution is -0.138. The van der Waals surface area contributed by atoms with Gasteiger partial charge < -0.3 is 9.84 Å². The number of nitrogens with one attached hydrogen (secondary N) is 1. The number of carbonyl (C=O) groups is 2. The van der Waals surface area contributed by atoms with Crippen LogP contribution in [0.15, 0.2) is 18.5 Å². The zero-order valence-electron chi connectivity index (χ0n) is 10.2. The Hall–Kier alpha value is -2.05. The van der Waals surface area contributed by atoms with Crippen molar-refractivity contribution in [3.8, 4) is 0 Å². The number of carboxylic acid groups (broad SMARTS) is 1. The van der Waals surface area contributed by atoms with Crippen molar-refractivity contribution < 1.29 is 19.4 Å². The number of unbranched alkanes of at least 4 members (excludes halogenated alkanes) is 1. The van der Waals surface area contributed by atoms with Crippen LogP contribution < -0.4 is 5.32 Å². The molecular weight excluding hydrogens is 238 g/mol. The number of alkyl carbamates (subject to hydrolysis) is 1. The van der Waals surface area contributed by atoms with Crippen molar-refractivity contribution in [1.29, 1.82) is 0 Å². The van der Waals surface area contributed by atoms with Gasteiger partial charge in [-0.1, -0.05) is 13.3 Å². The molecule has 1 amide bonds. The number of hydrogen-bond acceptors (Lipinski definition) is 4. The fraction of sp³-hybridized carbons (Fsp3) is 0.545. The third-order valence-corrected chi connectivity index (χ3v) is 2.23. The lowest BCUT2D eigenvalue weighted by Gasteiger charge is -2.17. The SMILES string of the molecule is CCCCOC(=O)NC(CC(=O)O)n1cccn1. The van der Waals surface area contributed by atoms with Gasteiger partial charge in [0.05, 0.1) is 13.0 Å². The van der Waals surface area contributed by atoms with Crippen molar-refractivity contribution >= 4 is 12.1 Å². The molecule has 2 N–H and O–H groups in total. The molecule has 0 aromatic carbocycles. The Morgan fingerprint density at radius 1 is 1.56 bits per heavy atom. The average Bonchev–Trinajstić information content (AvgIpc) is 2.81. The second-order valence-corrected chi connectivity index (χ2v) is 3.73. The molecule has 7 nitrogen and oxygen atoms in total. The molecule has 0 spiro atoms. The summed E-state index contributed by atoms with van der Waals surface area (Å²) in [5.74, 6) is -1.02. The van der Waals surface area contributed by atoms with E-state index in [0.717, 1.165) is 12.8 Å². The minimum Gasteiger partial charge on any atom is -0.481 e. The normalized spacial score (nSPS) is 11.8. The number of aromatic nitrogens is 2. The average molecular weight is 255 g/mol. The Morgan fingerprint density at radius 3 is 2.89 bits per heavy atom. The van der Waals surface area contributed by atoms with E-state index in [1.165, 1.54) is 10.9 Å². The van der Waals surface area contributed by atoms with Crippen molar-refractivity contribution in [3.05, 3.63) is 18.5 Å². The van der Waals surface area contributed by atoms with E-state index in [4.69, 9.17) is 9.84 Å². The van der Waals surface area contributed by atoms with E-state index in [1.807, 2.05) is 6.92 Å². The number of nitrogens with zero attached hydrogens (tertiary/aromatic N) is 2. The Kier molecular flexibility index (Phi) is 5.69. The van der Waals surface area contributed by atoms with Crippen LogP contribution in [0.3, 0.4) is 0 Å². The molecule has 7 heteroatoms. The first-order chi connectivity index (χ1) is 8.63. The zero-order valence-corrected chi connectivity index (χ0v) is 10.2. The molecule has 0 radical (unpaired) electrons. The maximum atomic E-state index is 11.4. The molecule has 1 heterocycles. The van der Waals surface area contributed by atoms with Crippen LogP contribution in [-0.4, -0.2) is 33.6 Å². The quantitative estimate of drug-likeness (QED) is 0.718. The van der Waals surface area contributed by atoms with E-state index in [-0.39, 0.29) is 6.42 Å². The van der Waals surface area contributed by atoms with Gasteiger partial charge in [-0.25, -0.2) is 9.48 Å². The molecule has 1 unspecified atom stereocenters. The molecule has 0 fully saturated rings. The van der Waals surface area contributed by atoms with Crippen molar-refractivity contribution in [2.24, 2.45) is 0 Å². The highest BCUT2D eigenvalue weighted by Crippen LogP contribution is 2.06. The van der Waals surface area contributed by atoms with Gasteiger partial charge in [0.1, 0.15) is 6.17 Å². The summed E-state index contributed by atoms with van der Waals surface area (Å²) in [6.45, 7) is 2.31. The number of aliphatic carboxylic acids is 1. The first kappa shape index (κ1) is 14.0. The Bertz CT molecular complexity index is 378. The second-order valence-electron chi connectivity index (χ2n) is 3.73. The predicted octanol–water partition coefficient (Wildman–Crippen LogP) is 1.38. The summed E-state index contributed by atoms with van der Waals surface area (Å²) >= 11 is 0. The fourth-order valence-electron chi connectivity index (χ4n) is 1.33. The molecule has 1 aromatic heterocycles. The predicted molar refractivity (Wildman–Crippen MR) is 62.9 cm³/mol. The highest BCUT2D eigenvalue weighted by Gasteiger charge is 2.18. The molecule has 0 saturated heterocycles. The van der Waals surface area contributed by atoms with Gasteiger partial charge in [0, 0.05) is 12.4 Å². The van der Waals surface area contributed by atoms with Crippen LogP contribution in [0.2, 0.25) is 0 Å². The maximum Gasteiger partial charge on any atom is 0.408 e. The molecule has 1 aromatic rings. The van der Waals surface area contributed by atoms with E-state index < -0.39 is 18.2 Å². The summed E-state index contributed by atoms with van der Waals surface area (Å²) < 4.78 is 6.28. The first-order valence-corrected chi connectivity index (χ1v) is 5.77. The van der Waals surface area contributed by atoms with Crippen LogP contribution in [0, 0.1) is 0 Å². The number of carbonyl (C=O) groups excluding carboxylic acids is 1. The van der Waals surface area contributed by atoms with Gasteiger partial charge in [-0.15, -0.1) is 0 Å². The number of amides is 1. The number of rotatable bonds is 7. The monoisotopic (exact) mass is 255 g/mol. The lowest BCUT2D eigenvalue weighted by Crippen LogP contribution is -2.34. The number of carboxylic acids is 1. The molecule has 1 atom stereocenters. The van der Waals surface area contributed by atoms with Gasteiger partial charge >= 0.3 is 12.1 Å². The molecule has 100 valence electrons. The van der Waals surface area contributed by atoms with E-state index in [1.54, 1.807) is 12.3 Å². The van der Waals surface area contributed by atoms with Crippen LogP contribution in [0.4, 0.5) is 4.79 Å². The maximum absolute atomic E-state index is 11.4. The standard InChI is InChI=1S/C11H17N3O4/c1-2-3-7-18-11(17)13-9(8-10(15)16)14-6-4-5-12-14/h4-6,9H,2-3,7-8H2,1H3,(H,13,17)(H,15,16). The van der Waals surface area contributed by atoms with Crippen molar-refractivity contribution in [2.45, 2.75) is 32.4 Å². The molecule has 0 aliphatic rings. The van der Waals surface area contributed by atoms with Crippen LogP contribution in [0.25, 0.3) is 0 Å². The summed E-state index contributed by atoms with van der Waals surface area (Å²) in [6.07, 6.45) is 3.16. The van der Waals surface area contributed by atoms with Gasteiger partial charge in [0.15, 0.2) is 0 Å². The van der Waals surface area contributed by atoms with Crippen LogP contribution in [0.5, 0.6) is 0 Å². The number of hydrogen-bond donors (Lipinski definition) is 2. The Labute approximate surface area is 105 Å². The Balaban J connectivity index is 2.51. The van der Waals surface area contributed by atoms with Gasteiger partial charge in [-0.05, 0) is 12.5 Å². The molecular formula is C11H17N3O4. The van der Waals surface area contributed by atoms with Gasteiger partial charge in [0.2, 0.25) is 0 Å². The van der Waals surface area contributed by atoms with Crippen molar-refractivity contribution in [2.75, 3.05) is 6.61 Å². The zero-order chi connectivity index (χ0) is 13.4. The molecule has 0 aliphatic heterocycles. The van der Waals surface area contributed by atoms with E-state index in [2.05, 4.69) is 10.4 Å². The topological polar surface area (TPSA) is 93.5 Å².